The molecule has 25 heavy (non-hydrogen) atoms. The van der Waals surface area contributed by atoms with Gasteiger partial charge in [-0.1, -0.05) is 42.5 Å². The van der Waals surface area contributed by atoms with Crippen molar-refractivity contribution in [2.24, 2.45) is 0 Å². The summed E-state index contributed by atoms with van der Waals surface area (Å²) in [4.78, 5) is 12.5. The van der Waals surface area contributed by atoms with E-state index in [1.165, 1.54) is 16.4 Å². The minimum absolute atomic E-state index is 0.0359. The van der Waals surface area contributed by atoms with E-state index in [1.54, 1.807) is 12.1 Å². The van der Waals surface area contributed by atoms with E-state index in [0.717, 1.165) is 5.56 Å². The third kappa shape index (κ3) is 3.06. The highest BCUT2D eigenvalue weighted by atomic mass is 32.2. The highest BCUT2D eigenvalue weighted by molar-refractivity contribution is 7.89. The average Bonchev–Trinajstić information content (AvgIpc) is 3.45. The van der Waals surface area contributed by atoms with Crippen LogP contribution in [0.2, 0.25) is 0 Å². The Hall–Kier alpha value is -2.22. The first-order valence-corrected chi connectivity index (χ1v) is 9.57. The number of carbonyl (C=O) groups excluding carboxylic acids is 1. The fraction of sp³-hybridized carbons (Fsp3) is 0.278. The normalized spacial score (nSPS) is 25.4. The van der Waals surface area contributed by atoms with Crippen LogP contribution in [-0.2, 0) is 14.8 Å². The second-order valence-electron chi connectivity index (χ2n) is 6.16. The summed E-state index contributed by atoms with van der Waals surface area (Å²) in [5.74, 6) is -0.373. The highest BCUT2D eigenvalue weighted by Gasteiger charge is 2.40. The van der Waals surface area contributed by atoms with E-state index in [1.807, 2.05) is 30.3 Å². The molecule has 2 aromatic rings. The fourth-order valence-corrected chi connectivity index (χ4v) is 4.95. The molecular formula is C18H18N2O4S. The molecule has 7 heteroatoms. The van der Waals surface area contributed by atoms with Crippen molar-refractivity contribution in [2.75, 3.05) is 19.7 Å². The molecule has 1 amide bonds. The molecule has 2 aliphatic heterocycles. The van der Waals surface area contributed by atoms with E-state index in [9.17, 15) is 13.2 Å². The molecule has 2 unspecified atom stereocenters. The first-order valence-electron chi connectivity index (χ1n) is 8.13. The lowest BCUT2D eigenvalue weighted by Gasteiger charge is -2.33. The standard InChI is InChI=1S/C18H18N2O4S/c21-18-15-8-4-5-9-17(15)25(22,23)20(11-14-12-24-14)16(10-19-18)13-6-2-1-3-7-13/h1-9,14,16H,10-12H2,(H,19,21). The molecular weight excluding hydrogens is 340 g/mol. The predicted molar refractivity (Wildman–Crippen MR) is 91.6 cm³/mol. The van der Waals surface area contributed by atoms with Gasteiger partial charge in [-0.05, 0) is 17.7 Å². The number of hydrogen-bond donors (Lipinski definition) is 1. The van der Waals surface area contributed by atoms with Crippen LogP contribution in [0.5, 0.6) is 0 Å². The summed E-state index contributed by atoms with van der Waals surface area (Å²) in [5, 5.41) is 2.86. The third-order valence-corrected chi connectivity index (χ3v) is 6.43. The van der Waals surface area contributed by atoms with Gasteiger partial charge in [-0.15, -0.1) is 0 Å². The Kier molecular flexibility index (Phi) is 4.07. The van der Waals surface area contributed by atoms with E-state index in [-0.39, 0.29) is 35.6 Å². The minimum Gasteiger partial charge on any atom is -0.372 e. The number of sulfonamides is 1. The molecule has 2 aromatic carbocycles. The van der Waals surface area contributed by atoms with Gasteiger partial charge >= 0.3 is 0 Å². The first-order chi connectivity index (χ1) is 12.1. The van der Waals surface area contributed by atoms with Gasteiger partial charge in [-0.2, -0.15) is 4.31 Å². The maximum absolute atomic E-state index is 13.4. The Balaban J connectivity index is 1.86. The van der Waals surface area contributed by atoms with Crippen LogP contribution < -0.4 is 5.32 Å². The number of hydrogen-bond acceptors (Lipinski definition) is 4. The molecule has 1 saturated heterocycles. The molecule has 0 aliphatic carbocycles. The largest absolute Gasteiger partial charge is 0.372 e. The molecule has 0 spiro atoms. The van der Waals surface area contributed by atoms with E-state index in [4.69, 9.17) is 4.74 Å². The summed E-state index contributed by atoms with van der Waals surface area (Å²) in [6.07, 6.45) is -0.0942. The van der Waals surface area contributed by atoms with Gasteiger partial charge < -0.3 is 10.1 Å². The lowest BCUT2D eigenvalue weighted by atomic mass is 10.1. The summed E-state index contributed by atoms with van der Waals surface area (Å²) in [5.41, 5.74) is 1.02. The Morgan fingerprint density at radius 1 is 1.08 bits per heavy atom. The smallest absolute Gasteiger partial charge is 0.252 e. The first kappa shape index (κ1) is 16.3. The molecule has 2 heterocycles. The van der Waals surface area contributed by atoms with Crippen LogP contribution in [0, 0.1) is 0 Å². The summed E-state index contributed by atoms with van der Waals surface area (Å²) < 4.78 is 33.5. The minimum atomic E-state index is -3.84. The second-order valence-corrected chi connectivity index (χ2v) is 8.02. The molecule has 1 N–H and O–H groups in total. The summed E-state index contributed by atoms with van der Waals surface area (Å²) in [7, 11) is -3.84. The van der Waals surface area contributed by atoms with Crippen LogP contribution in [-0.4, -0.2) is 44.4 Å². The zero-order valence-electron chi connectivity index (χ0n) is 13.5. The van der Waals surface area contributed by atoms with Crippen molar-refractivity contribution >= 4 is 15.9 Å². The summed E-state index contributed by atoms with van der Waals surface area (Å²) in [6, 6.07) is 15.2. The zero-order chi connectivity index (χ0) is 17.4. The van der Waals surface area contributed by atoms with E-state index in [0.29, 0.717) is 6.61 Å². The Morgan fingerprint density at radius 2 is 1.76 bits per heavy atom. The molecule has 4 rings (SSSR count). The van der Waals surface area contributed by atoms with Crippen molar-refractivity contribution < 1.29 is 17.9 Å². The topological polar surface area (TPSA) is 79.0 Å². The molecule has 1 fully saturated rings. The second kappa shape index (κ2) is 6.25. The summed E-state index contributed by atoms with van der Waals surface area (Å²) >= 11 is 0. The van der Waals surface area contributed by atoms with E-state index in [2.05, 4.69) is 5.32 Å². The van der Waals surface area contributed by atoms with Gasteiger partial charge in [-0.3, -0.25) is 4.79 Å². The lowest BCUT2D eigenvalue weighted by Crippen LogP contribution is -2.46. The van der Waals surface area contributed by atoms with E-state index >= 15 is 0 Å². The molecule has 2 aliphatic rings. The van der Waals surface area contributed by atoms with Gasteiger partial charge in [0.1, 0.15) is 0 Å². The number of nitrogens with one attached hydrogen (secondary N) is 1. The number of amides is 1. The van der Waals surface area contributed by atoms with E-state index < -0.39 is 16.1 Å². The Bertz CT molecular complexity index is 894. The lowest BCUT2D eigenvalue weighted by molar-refractivity contribution is 0.0936. The van der Waals surface area contributed by atoms with Crippen LogP contribution in [0.15, 0.2) is 59.5 Å². The number of rotatable bonds is 3. The Morgan fingerprint density at radius 3 is 2.48 bits per heavy atom. The van der Waals surface area contributed by atoms with Gasteiger partial charge in [0, 0.05) is 13.1 Å². The highest BCUT2D eigenvalue weighted by Crippen LogP contribution is 2.32. The molecule has 0 aromatic heterocycles. The number of fused-ring (bicyclic) bond motifs is 1. The molecule has 0 bridgehead atoms. The van der Waals surface area contributed by atoms with Crippen molar-refractivity contribution in [3.05, 3.63) is 65.7 Å². The average molecular weight is 358 g/mol. The molecule has 0 saturated carbocycles. The Labute approximate surface area is 146 Å². The van der Waals surface area contributed by atoms with Crippen LogP contribution in [0.1, 0.15) is 22.0 Å². The maximum atomic E-state index is 13.4. The zero-order valence-corrected chi connectivity index (χ0v) is 14.3. The van der Waals surface area contributed by atoms with Crippen LogP contribution in [0.25, 0.3) is 0 Å². The van der Waals surface area contributed by atoms with Crippen LogP contribution in [0.4, 0.5) is 0 Å². The van der Waals surface area contributed by atoms with Gasteiger partial charge in [0.25, 0.3) is 5.91 Å². The van der Waals surface area contributed by atoms with Crippen molar-refractivity contribution in [1.82, 2.24) is 9.62 Å². The number of nitrogens with zero attached hydrogens (tertiary/aromatic N) is 1. The number of carbonyl (C=O) groups is 1. The van der Waals surface area contributed by atoms with Gasteiger partial charge in [0.05, 0.1) is 29.2 Å². The van der Waals surface area contributed by atoms with Gasteiger partial charge in [0.15, 0.2) is 0 Å². The molecule has 6 nitrogen and oxygen atoms in total. The van der Waals surface area contributed by atoms with Gasteiger partial charge in [-0.25, -0.2) is 8.42 Å². The molecule has 2 atom stereocenters. The molecule has 0 radical (unpaired) electrons. The number of epoxide rings is 1. The number of ether oxygens (including phenoxy) is 1. The third-order valence-electron chi connectivity index (χ3n) is 4.49. The van der Waals surface area contributed by atoms with Crippen molar-refractivity contribution in [2.45, 2.75) is 17.0 Å². The van der Waals surface area contributed by atoms with Crippen LogP contribution >= 0.6 is 0 Å². The maximum Gasteiger partial charge on any atom is 0.252 e. The quantitative estimate of drug-likeness (QED) is 0.845. The summed E-state index contributed by atoms with van der Waals surface area (Å²) in [6.45, 7) is 1.04. The fourth-order valence-electron chi connectivity index (χ4n) is 3.12. The van der Waals surface area contributed by atoms with Crippen molar-refractivity contribution in [1.29, 1.82) is 0 Å². The molecule has 130 valence electrons. The van der Waals surface area contributed by atoms with Crippen molar-refractivity contribution in [3.8, 4) is 0 Å². The van der Waals surface area contributed by atoms with Gasteiger partial charge in [0.2, 0.25) is 10.0 Å². The van der Waals surface area contributed by atoms with Crippen molar-refractivity contribution in [3.63, 3.8) is 0 Å². The predicted octanol–water partition coefficient (Wildman–Crippen LogP) is 1.56. The van der Waals surface area contributed by atoms with Crippen LogP contribution in [0.3, 0.4) is 0 Å². The monoisotopic (exact) mass is 358 g/mol. The number of benzene rings is 2. The SMILES string of the molecule is O=C1NCC(c2ccccc2)N(CC2CO2)S(=O)(=O)c2ccccc21.